The minimum absolute atomic E-state index is 0.0354. The fourth-order valence-corrected chi connectivity index (χ4v) is 4.81. The first-order chi connectivity index (χ1) is 18.3. The van der Waals surface area contributed by atoms with Gasteiger partial charge >= 0.3 is 0 Å². The molecule has 15 nitrogen and oxygen atoms in total. The summed E-state index contributed by atoms with van der Waals surface area (Å²) in [5.41, 5.74) is 5.90. The molecule has 200 valence electrons. The number of allylic oxidation sites excluding steroid dienone is 1. The molecule has 0 aromatic heterocycles. The van der Waals surface area contributed by atoms with Crippen LogP contribution in [0.15, 0.2) is 85.8 Å². The lowest BCUT2D eigenvalue weighted by atomic mass is 9.92. The number of fused-ring (bicyclic) bond motifs is 1. The first-order valence-electron chi connectivity index (χ1n) is 10.5. The Hall–Kier alpha value is -4.84. The van der Waals surface area contributed by atoms with Crippen molar-refractivity contribution in [3.8, 4) is 0 Å². The van der Waals surface area contributed by atoms with Crippen molar-refractivity contribution < 1.29 is 35.7 Å². The lowest BCUT2D eigenvalue weighted by molar-refractivity contribution is -0.384. The van der Waals surface area contributed by atoms with Gasteiger partial charge in [0.25, 0.3) is 25.9 Å². The molecule has 0 bridgehead atoms. The Morgan fingerprint density at radius 2 is 1.56 bits per heavy atom. The number of para-hydroxylation sites is 1. The molecule has 17 heteroatoms. The highest BCUT2D eigenvalue weighted by Gasteiger charge is 2.37. The maximum atomic E-state index is 13.4. The molecule has 0 aliphatic heterocycles. The molecule has 0 amide bonds. The van der Waals surface area contributed by atoms with Gasteiger partial charge in [-0.2, -0.15) is 27.1 Å². The average molecular weight is 573 g/mol. The van der Waals surface area contributed by atoms with Crippen LogP contribution in [-0.4, -0.2) is 42.4 Å². The molecule has 3 aromatic carbocycles. The van der Waals surface area contributed by atoms with Crippen molar-refractivity contribution in [2.24, 2.45) is 15.3 Å². The maximum absolute atomic E-state index is 13.4. The zero-order valence-corrected chi connectivity index (χ0v) is 20.9. The van der Waals surface area contributed by atoms with Gasteiger partial charge < -0.3 is 5.73 Å². The van der Waals surface area contributed by atoms with E-state index in [0.29, 0.717) is 5.69 Å². The summed E-state index contributed by atoms with van der Waals surface area (Å²) < 4.78 is 67.9. The minimum Gasteiger partial charge on any atom is -0.396 e. The van der Waals surface area contributed by atoms with Crippen molar-refractivity contribution >= 4 is 66.2 Å². The minimum atomic E-state index is -5.06. The number of benzene rings is 3. The molecule has 0 fully saturated rings. The summed E-state index contributed by atoms with van der Waals surface area (Å²) in [7, 11) is -10.1. The fourth-order valence-electron chi connectivity index (χ4n) is 3.48. The molecule has 0 saturated carbocycles. The van der Waals surface area contributed by atoms with E-state index in [1.165, 1.54) is 12.1 Å². The SMILES string of the molecule is Nc1c(/N=N/c2ccc([N+](=O)[O-])cc2)c(S(=O)(=O)O)cc2c1C(=O)/C(=N\Nc1ccccc1)C(S(=O)(=O)O)=C2. The Morgan fingerprint density at radius 3 is 2.13 bits per heavy atom. The number of nitrogen functional groups attached to an aromatic ring is 1. The van der Waals surface area contributed by atoms with Crippen molar-refractivity contribution in [3.63, 3.8) is 0 Å². The summed E-state index contributed by atoms with van der Waals surface area (Å²) in [5, 5.41) is 22.2. The Balaban J connectivity index is 1.90. The van der Waals surface area contributed by atoms with E-state index in [9.17, 15) is 40.8 Å². The molecule has 1 aliphatic carbocycles. The van der Waals surface area contributed by atoms with E-state index in [-0.39, 0.29) is 16.9 Å². The van der Waals surface area contributed by atoms with E-state index in [2.05, 4.69) is 20.8 Å². The van der Waals surface area contributed by atoms with E-state index in [4.69, 9.17) is 5.73 Å². The maximum Gasteiger partial charge on any atom is 0.296 e. The summed E-state index contributed by atoms with van der Waals surface area (Å²) >= 11 is 0. The van der Waals surface area contributed by atoms with Crippen LogP contribution in [0.2, 0.25) is 0 Å². The molecule has 0 atom stereocenters. The van der Waals surface area contributed by atoms with Crippen LogP contribution in [0.1, 0.15) is 15.9 Å². The monoisotopic (exact) mass is 572 g/mol. The largest absolute Gasteiger partial charge is 0.396 e. The van der Waals surface area contributed by atoms with Crippen LogP contribution in [0.4, 0.5) is 28.4 Å². The average Bonchev–Trinajstić information content (AvgIpc) is 2.86. The first-order valence-corrected chi connectivity index (χ1v) is 13.4. The zero-order valence-electron chi connectivity index (χ0n) is 19.3. The van der Waals surface area contributed by atoms with Crippen LogP contribution < -0.4 is 11.2 Å². The third-order valence-corrected chi connectivity index (χ3v) is 6.98. The summed E-state index contributed by atoms with van der Waals surface area (Å²) in [5.74, 6) is -1.12. The number of nitrogens with one attached hydrogen (secondary N) is 1. The third kappa shape index (κ3) is 5.70. The number of anilines is 2. The van der Waals surface area contributed by atoms with Gasteiger partial charge in [0.1, 0.15) is 15.5 Å². The molecular weight excluding hydrogens is 556 g/mol. The molecule has 0 radical (unpaired) electrons. The molecular formula is C22H16N6O9S2. The second kappa shape index (κ2) is 10.1. The second-order valence-electron chi connectivity index (χ2n) is 7.80. The Kier molecular flexibility index (Phi) is 7.07. The zero-order chi connectivity index (χ0) is 28.5. The molecule has 5 N–H and O–H groups in total. The Bertz CT molecular complexity index is 1820. The van der Waals surface area contributed by atoms with Crippen molar-refractivity contribution in [1.82, 2.24) is 0 Å². The smallest absolute Gasteiger partial charge is 0.296 e. The number of hydrogen-bond acceptors (Lipinski definition) is 12. The van der Waals surface area contributed by atoms with Gasteiger partial charge in [0, 0.05) is 12.1 Å². The van der Waals surface area contributed by atoms with Crippen molar-refractivity contribution in [2.45, 2.75) is 4.90 Å². The van der Waals surface area contributed by atoms with Gasteiger partial charge in [-0.25, -0.2) is 0 Å². The second-order valence-corrected chi connectivity index (χ2v) is 10.6. The number of nitro groups is 1. The molecule has 1 aliphatic rings. The van der Waals surface area contributed by atoms with Gasteiger partial charge in [0.05, 0.1) is 27.5 Å². The number of nitro benzene ring substituents is 1. The number of azo groups is 1. The van der Waals surface area contributed by atoms with Gasteiger partial charge in [0.15, 0.2) is 5.71 Å². The highest BCUT2D eigenvalue weighted by atomic mass is 32.2. The third-order valence-electron chi connectivity index (χ3n) is 5.25. The van der Waals surface area contributed by atoms with Crippen LogP contribution in [0.3, 0.4) is 0 Å². The number of carbonyl (C=O) groups is 1. The van der Waals surface area contributed by atoms with E-state index in [1.54, 1.807) is 30.3 Å². The van der Waals surface area contributed by atoms with E-state index >= 15 is 0 Å². The van der Waals surface area contributed by atoms with Gasteiger partial charge in [-0.1, -0.05) is 18.2 Å². The first kappa shape index (κ1) is 27.2. The molecule has 0 spiro atoms. The Labute approximate surface area is 220 Å². The molecule has 0 unspecified atom stereocenters. The molecule has 4 rings (SSSR count). The summed E-state index contributed by atoms with van der Waals surface area (Å²) in [6, 6.07) is 13.5. The molecule has 3 aromatic rings. The molecule has 0 saturated heterocycles. The van der Waals surface area contributed by atoms with Crippen molar-refractivity contribution in [3.05, 3.63) is 86.8 Å². The highest BCUT2D eigenvalue weighted by molar-refractivity contribution is 7.91. The van der Waals surface area contributed by atoms with Crippen molar-refractivity contribution in [2.75, 3.05) is 11.2 Å². The number of nitrogens with zero attached hydrogens (tertiary/aromatic N) is 4. The number of hydrazone groups is 1. The van der Waals surface area contributed by atoms with Crippen LogP contribution in [0.5, 0.6) is 0 Å². The Morgan fingerprint density at radius 1 is 0.923 bits per heavy atom. The van der Waals surface area contributed by atoms with Crippen LogP contribution in [0, 0.1) is 10.1 Å². The number of rotatable bonds is 7. The predicted molar refractivity (Wildman–Crippen MR) is 139 cm³/mol. The van der Waals surface area contributed by atoms with Gasteiger partial charge in [-0.15, -0.1) is 5.11 Å². The van der Waals surface area contributed by atoms with Gasteiger partial charge in [0.2, 0.25) is 5.78 Å². The molecule has 39 heavy (non-hydrogen) atoms. The van der Waals surface area contributed by atoms with Crippen LogP contribution in [0.25, 0.3) is 6.08 Å². The topological polar surface area (TPSA) is 244 Å². The fraction of sp³-hybridized carbons (Fsp3) is 0. The number of Topliss-reactive ketones (excluding diaryl/α,β-unsaturated/α-hetero) is 1. The van der Waals surface area contributed by atoms with Gasteiger partial charge in [-0.3, -0.25) is 29.4 Å². The highest BCUT2D eigenvalue weighted by Crippen LogP contribution is 2.40. The van der Waals surface area contributed by atoms with Crippen LogP contribution >= 0.6 is 0 Å². The van der Waals surface area contributed by atoms with Crippen LogP contribution in [-0.2, 0) is 20.2 Å². The quantitative estimate of drug-likeness (QED) is 0.104. The van der Waals surface area contributed by atoms with E-state index < -0.39 is 63.4 Å². The lowest BCUT2D eigenvalue weighted by Crippen LogP contribution is -2.28. The molecule has 0 heterocycles. The number of nitrogens with two attached hydrogens (primary N) is 1. The summed E-state index contributed by atoms with van der Waals surface area (Å²) in [4.78, 5) is 21.7. The van der Waals surface area contributed by atoms with E-state index in [1.807, 2.05) is 0 Å². The van der Waals surface area contributed by atoms with Crippen molar-refractivity contribution in [1.29, 1.82) is 0 Å². The van der Waals surface area contributed by atoms with Gasteiger partial charge in [-0.05, 0) is 42.0 Å². The predicted octanol–water partition coefficient (Wildman–Crippen LogP) is 3.73. The number of hydrogen-bond donors (Lipinski definition) is 4. The number of carbonyl (C=O) groups excluding carboxylic acids is 1. The lowest BCUT2D eigenvalue weighted by Gasteiger charge is -2.20. The van der Waals surface area contributed by atoms with E-state index in [0.717, 1.165) is 24.3 Å². The number of ketones is 1. The standard InChI is InChI=1S/C22H16N6O9S2/c23-19-18-12(11-17(39(35,36)37)21(22(18)29)27-24-13-4-2-1-3-5-13)10-16(38(32,33)34)20(19)26-25-14-6-8-15(9-7-14)28(30)31/h1-11,24H,23H2,(H,32,33,34)(H,35,36,37)/b26-25+,27-21-. The summed E-state index contributed by atoms with van der Waals surface area (Å²) in [6.07, 6.45) is 0.764. The normalized spacial score (nSPS) is 14.8. The summed E-state index contributed by atoms with van der Waals surface area (Å²) in [6.45, 7) is 0. The number of non-ortho nitro benzene ring substituents is 1.